The first kappa shape index (κ1) is 14.0. The topological polar surface area (TPSA) is 67.6 Å². The van der Waals surface area contributed by atoms with E-state index < -0.39 is 5.97 Å². The van der Waals surface area contributed by atoms with E-state index in [1.165, 1.54) is 0 Å². The second-order valence-electron chi connectivity index (χ2n) is 5.21. The fourth-order valence-electron chi connectivity index (χ4n) is 2.39. The third-order valence-corrected chi connectivity index (χ3v) is 3.31. The zero-order chi connectivity index (χ0) is 13.8. The Morgan fingerprint density at radius 2 is 2.42 bits per heavy atom. The van der Waals surface area contributed by atoms with Gasteiger partial charge in [0.25, 0.3) is 0 Å². The molecule has 19 heavy (non-hydrogen) atoms. The predicted octanol–water partition coefficient (Wildman–Crippen LogP) is 1.14. The lowest BCUT2D eigenvalue weighted by molar-refractivity contribution is -0.142. The van der Waals surface area contributed by atoms with E-state index in [2.05, 4.69) is 28.3 Å². The van der Waals surface area contributed by atoms with E-state index in [-0.39, 0.29) is 12.5 Å². The summed E-state index contributed by atoms with van der Waals surface area (Å²) in [4.78, 5) is 17.1. The number of rotatable bonds is 5. The van der Waals surface area contributed by atoms with Gasteiger partial charge in [-0.2, -0.15) is 0 Å². The van der Waals surface area contributed by atoms with Gasteiger partial charge in [-0.1, -0.05) is 0 Å². The van der Waals surface area contributed by atoms with Crippen LogP contribution in [0, 0.1) is 0 Å². The molecule has 1 aromatic rings. The molecular weight excluding hydrogens is 246 g/mol. The SMILES string of the molecule is CC(C)n1cncc1CN1CCOC(CC(=O)O)C1. The molecule has 0 spiro atoms. The Labute approximate surface area is 113 Å². The minimum atomic E-state index is -0.806. The van der Waals surface area contributed by atoms with Gasteiger partial charge in [-0.3, -0.25) is 9.69 Å². The summed E-state index contributed by atoms with van der Waals surface area (Å²) in [6.07, 6.45) is 3.58. The smallest absolute Gasteiger partial charge is 0.306 e. The van der Waals surface area contributed by atoms with E-state index >= 15 is 0 Å². The first-order valence-electron chi connectivity index (χ1n) is 6.62. The minimum Gasteiger partial charge on any atom is -0.481 e. The molecule has 6 nitrogen and oxygen atoms in total. The van der Waals surface area contributed by atoms with Crippen LogP contribution < -0.4 is 0 Å². The van der Waals surface area contributed by atoms with Crippen molar-refractivity contribution in [1.29, 1.82) is 0 Å². The van der Waals surface area contributed by atoms with Crippen LogP contribution in [0.1, 0.15) is 32.0 Å². The maximum Gasteiger partial charge on any atom is 0.306 e. The molecule has 1 aliphatic rings. The molecule has 1 atom stereocenters. The summed E-state index contributed by atoms with van der Waals surface area (Å²) in [5.41, 5.74) is 1.16. The van der Waals surface area contributed by atoms with Gasteiger partial charge in [-0.15, -0.1) is 0 Å². The third-order valence-electron chi connectivity index (χ3n) is 3.31. The fourth-order valence-corrected chi connectivity index (χ4v) is 2.39. The van der Waals surface area contributed by atoms with Crippen LogP contribution in [-0.4, -0.2) is 51.3 Å². The van der Waals surface area contributed by atoms with Crippen LogP contribution in [0.3, 0.4) is 0 Å². The van der Waals surface area contributed by atoms with E-state index in [4.69, 9.17) is 9.84 Å². The highest BCUT2D eigenvalue weighted by atomic mass is 16.5. The Morgan fingerprint density at radius 1 is 1.63 bits per heavy atom. The van der Waals surface area contributed by atoms with Gasteiger partial charge in [0.15, 0.2) is 0 Å². The van der Waals surface area contributed by atoms with Crippen molar-refractivity contribution >= 4 is 5.97 Å². The van der Waals surface area contributed by atoms with Crippen molar-refractivity contribution in [2.24, 2.45) is 0 Å². The summed E-state index contributed by atoms with van der Waals surface area (Å²) >= 11 is 0. The average molecular weight is 267 g/mol. The van der Waals surface area contributed by atoms with Crippen molar-refractivity contribution < 1.29 is 14.6 Å². The molecule has 0 bridgehead atoms. The Morgan fingerprint density at radius 3 is 3.11 bits per heavy atom. The number of morpholine rings is 1. The van der Waals surface area contributed by atoms with E-state index in [0.29, 0.717) is 19.2 Å². The predicted molar refractivity (Wildman–Crippen MR) is 69.9 cm³/mol. The molecular formula is C13H21N3O3. The quantitative estimate of drug-likeness (QED) is 0.866. The number of nitrogens with zero attached hydrogens (tertiary/aromatic N) is 3. The number of aliphatic carboxylic acids is 1. The highest BCUT2D eigenvalue weighted by Gasteiger charge is 2.23. The number of hydrogen-bond acceptors (Lipinski definition) is 4. The molecule has 0 saturated carbocycles. The Balaban J connectivity index is 1.95. The molecule has 1 aliphatic heterocycles. The number of aromatic nitrogens is 2. The second-order valence-corrected chi connectivity index (χ2v) is 5.21. The maximum absolute atomic E-state index is 10.7. The third kappa shape index (κ3) is 3.78. The van der Waals surface area contributed by atoms with Gasteiger partial charge < -0.3 is 14.4 Å². The van der Waals surface area contributed by atoms with Gasteiger partial charge in [0.05, 0.1) is 31.2 Å². The van der Waals surface area contributed by atoms with Gasteiger partial charge in [0.1, 0.15) is 0 Å². The molecule has 1 fully saturated rings. The van der Waals surface area contributed by atoms with Crippen LogP contribution in [-0.2, 0) is 16.1 Å². The molecule has 0 aromatic carbocycles. The van der Waals surface area contributed by atoms with Crippen molar-refractivity contribution in [2.75, 3.05) is 19.7 Å². The molecule has 0 radical (unpaired) electrons. The van der Waals surface area contributed by atoms with Gasteiger partial charge in [-0.05, 0) is 13.8 Å². The molecule has 0 amide bonds. The number of imidazole rings is 1. The van der Waals surface area contributed by atoms with Crippen LogP contribution in [0.2, 0.25) is 0 Å². The normalized spacial score (nSPS) is 20.9. The zero-order valence-corrected chi connectivity index (χ0v) is 11.5. The number of ether oxygens (including phenoxy) is 1. The first-order chi connectivity index (χ1) is 9.06. The van der Waals surface area contributed by atoms with Crippen molar-refractivity contribution in [2.45, 2.75) is 39.0 Å². The summed E-state index contributed by atoms with van der Waals surface area (Å²) in [7, 11) is 0. The van der Waals surface area contributed by atoms with Crippen LogP contribution in [0.4, 0.5) is 0 Å². The van der Waals surface area contributed by atoms with Crippen LogP contribution in [0.15, 0.2) is 12.5 Å². The lowest BCUT2D eigenvalue weighted by Crippen LogP contribution is -2.43. The molecule has 1 saturated heterocycles. The monoisotopic (exact) mass is 267 g/mol. The van der Waals surface area contributed by atoms with Crippen LogP contribution in [0.25, 0.3) is 0 Å². The molecule has 1 N–H and O–H groups in total. The minimum absolute atomic E-state index is 0.0694. The molecule has 2 rings (SSSR count). The van der Waals surface area contributed by atoms with Gasteiger partial charge in [-0.25, -0.2) is 4.98 Å². The van der Waals surface area contributed by atoms with Crippen molar-refractivity contribution in [3.05, 3.63) is 18.2 Å². The largest absolute Gasteiger partial charge is 0.481 e. The molecule has 1 unspecified atom stereocenters. The number of carbonyl (C=O) groups is 1. The Bertz CT molecular complexity index is 431. The number of carboxylic acids is 1. The number of carboxylic acid groups (broad SMARTS) is 1. The van der Waals surface area contributed by atoms with Gasteiger partial charge >= 0.3 is 5.97 Å². The maximum atomic E-state index is 10.7. The average Bonchev–Trinajstić information content (AvgIpc) is 2.76. The van der Waals surface area contributed by atoms with Crippen LogP contribution >= 0.6 is 0 Å². The summed E-state index contributed by atoms with van der Waals surface area (Å²) in [6.45, 7) is 7.12. The highest BCUT2D eigenvalue weighted by molar-refractivity contribution is 5.67. The Kier molecular flexibility index (Phi) is 4.55. The molecule has 106 valence electrons. The second kappa shape index (κ2) is 6.16. The van der Waals surface area contributed by atoms with E-state index in [9.17, 15) is 4.79 Å². The molecule has 0 aliphatic carbocycles. The van der Waals surface area contributed by atoms with E-state index in [0.717, 1.165) is 18.8 Å². The van der Waals surface area contributed by atoms with Gasteiger partial charge in [0.2, 0.25) is 0 Å². The lowest BCUT2D eigenvalue weighted by Gasteiger charge is -2.32. The molecule has 1 aromatic heterocycles. The summed E-state index contributed by atoms with van der Waals surface area (Å²) in [5, 5.41) is 8.81. The highest BCUT2D eigenvalue weighted by Crippen LogP contribution is 2.15. The molecule has 6 heteroatoms. The summed E-state index contributed by atoms with van der Waals surface area (Å²) in [6, 6.07) is 0.383. The Hall–Kier alpha value is -1.40. The molecule has 2 heterocycles. The summed E-state index contributed by atoms with van der Waals surface area (Å²) < 4.78 is 7.61. The van der Waals surface area contributed by atoms with Crippen molar-refractivity contribution in [1.82, 2.24) is 14.5 Å². The van der Waals surface area contributed by atoms with Crippen LogP contribution in [0.5, 0.6) is 0 Å². The standard InChI is InChI=1S/C13H21N3O3/c1-10(2)16-9-14-6-11(16)7-15-3-4-19-12(8-15)5-13(17)18/h6,9-10,12H,3-5,7-8H2,1-2H3,(H,17,18). The fraction of sp³-hybridized carbons (Fsp3) is 0.692. The first-order valence-corrected chi connectivity index (χ1v) is 6.62. The van der Waals surface area contributed by atoms with E-state index in [1.807, 2.05) is 12.5 Å². The number of hydrogen-bond donors (Lipinski definition) is 1. The van der Waals surface area contributed by atoms with Crippen molar-refractivity contribution in [3.8, 4) is 0 Å². The zero-order valence-electron chi connectivity index (χ0n) is 11.5. The lowest BCUT2D eigenvalue weighted by atomic mass is 10.2. The van der Waals surface area contributed by atoms with Crippen molar-refractivity contribution in [3.63, 3.8) is 0 Å². The van der Waals surface area contributed by atoms with Gasteiger partial charge in [0, 0.05) is 31.9 Å². The summed E-state index contributed by atoms with van der Waals surface area (Å²) in [5.74, 6) is -0.806. The van der Waals surface area contributed by atoms with E-state index in [1.54, 1.807) is 0 Å².